The van der Waals surface area contributed by atoms with Crippen molar-refractivity contribution in [1.82, 2.24) is 9.78 Å². The van der Waals surface area contributed by atoms with Gasteiger partial charge in [-0.25, -0.2) is 4.68 Å². The van der Waals surface area contributed by atoms with E-state index < -0.39 is 8.07 Å². The van der Waals surface area contributed by atoms with E-state index in [-0.39, 0.29) is 5.91 Å². The molecule has 2 saturated carbocycles. The third-order valence-corrected chi connectivity index (χ3v) is 8.32. The quantitative estimate of drug-likeness (QED) is 0.277. The summed E-state index contributed by atoms with van der Waals surface area (Å²) in [5, 5.41) is 7.68. The number of carbonyl (C=O) groups excluding carboxylic acids is 1. The molecule has 2 aromatic rings. The van der Waals surface area contributed by atoms with Crippen molar-refractivity contribution in [3.63, 3.8) is 0 Å². The molecule has 0 spiro atoms. The molecule has 1 aromatic heterocycles. The maximum Gasteiger partial charge on any atom is 0.271 e. The fourth-order valence-electron chi connectivity index (χ4n) is 4.38. The van der Waals surface area contributed by atoms with E-state index in [2.05, 4.69) is 37.0 Å². The molecule has 0 unspecified atom stereocenters. The summed E-state index contributed by atoms with van der Waals surface area (Å²) in [6.45, 7) is 12.4. The molecule has 178 valence electrons. The lowest BCUT2D eigenvalue weighted by Gasteiger charge is -2.15. The van der Waals surface area contributed by atoms with E-state index in [9.17, 15) is 4.79 Å². The maximum absolute atomic E-state index is 12.8. The Bertz CT molecular complexity index is 1030. The van der Waals surface area contributed by atoms with Crippen LogP contribution in [0.15, 0.2) is 35.5 Å². The molecule has 2 aliphatic carbocycles. The van der Waals surface area contributed by atoms with Crippen LogP contribution in [-0.4, -0.2) is 30.4 Å². The van der Waals surface area contributed by atoms with E-state index in [1.165, 1.54) is 31.3 Å². The van der Waals surface area contributed by atoms with Crippen molar-refractivity contribution in [3.05, 3.63) is 46.9 Å². The first-order valence-corrected chi connectivity index (χ1v) is 15.9. The van der Waals surface area contributed by atoms with E-state index >= 15 is 0 Å². The SMILES string of the molecule is Cc1nn(COCC[Si](C)(C)C)c(C)c1-c1ccc(NC(=O)C(N)=C(C2CC2)C2CC2)cc1. The molecule has 1 amide bonds. The minimum absolute atomic E-state index is 0.174. The number of rotatable bonds is 10. The van der Waals surface area contributed by atoms with Crippen LogP contribution in [0.3, 0.4) is 0 Å². The third-order valence-electron chi connectivity index (χ3n) is 6.61. The van der Waals surface area contributed by atoms with Crippen LogP contribution in [0, 0.1) is 25.7 Å². The molecule has 2 aliphatic rings. The van der Waals surface area contributed by atoms with Gasteiger partial charge < -0.3 is 15.8 Å². The highest BCUT2D eigenvalue weighted by molar-refractivity contribution is 6.76. The van der Waals surface area contributed by atoms with Crippen LogP contribution in [0.25, 0.3) is 11.1 Å². The smallest absolute Gasteiger partial charge is 0.271 e. The predicted molar refractivity (Wildman–Crippen MR) is 137 cm³/mol. The number of aryl methyl sites for hydroxylation is 1. The predicted octanol–water partition coefficient (Wildman–Crippen LogP) is 5.45. The van der Waals surface area contributed by atoms with Gasteiger partial charge in [0.05, 0.1) is 11.4 Å². The number of nitrogens with one attached hydrogen (secondary N) is 1. The zero-order valence-electron chi connectivity index (χ0n) is 20.7. The molecule has 3 N–H and O–H groups in total. The van der Waals surface area contributed by atoms with Crippen LogP contribution in [0.1, 0.15) is 37.1 Å². The molecular weight excluding hydrogens is 428 g/mol. The summed E-state index contributed by atoms with van der Waals surface area (Å²) in [5.41, 5.74) is 12.9. The minimum Gasteiger partial charge on any atom is -0.394 e. The van der Waals surface area contributed by atoms with Crippen LogP contribution < -0.4 is 11.1 Å². The average molecular weight is 467 g/mol. The number of benzene rings is 1. The van der Waals surface area contributed by atoms with Gasteiger partial charge in [0.15, 0.2) is 0 Å². The van der Waals surface area contributed by atoms with Gasteiger partial charge in [0.2, 0.25) is 0 Å². The van der Waals surface area contributed by atoms with Gasteiger partial charge in [-0.3, -0.25) is 4.79 Å². The van der Waals surface area contributed by atoms with Gasteiger partial charge in [-0.15, -0.1) is 0 Å². The Kier molecular flexibility index (Phi) is 6.82. The van der Waals surface area contributed by atoms with Gasteiger partial charge in [-0.2, -0.15) is 5.10 Å². The van der Waals surface area contributed by atoms with Gasteiger partial charge in [0, 0.05) is 31.6 Å². The molecule has 2 fully saturated rings. The van der Waals surface area contributed by atoms with Crippen molar-refractivity contribution < 1.29 is 9.53 Å². The van der Waals surface area contributed by atoms with Crippen molar-refractivity contribution in [2.45, 2.75) is 71.9 Å². The molecule has 1 aromatic carbocycles. The summed E-state index contributed by atoms with van der Waals surface area (Å²) in [7, 11) is -1.10. The highest BCUT2D eigenvalue weighted by Gasteiger charge is 2.39. The van der Waals surface area contributed by atoms with E-state index in [1.54, 1.807) is 0 Å². The summed E-state index contributed by atoms with van der Waals surface area (Å²) < 4.78 is 7.84. The van der Waals surface area contributed by atoms with Crippen molar-refractivity contribution in [1.29, 1.82) is 0 Å². The third kappa shape index (κ3) is 5.95. The number of ether oxygens (including phenoxy) is 1. The highest BCUT2D eigenvalue weighted by Crippen LogP contribution is 2.49. The Labute approximate surface area is 198 Å². The van der Waals surface area contributed by atoms with Crippen LogP contribution >= 0.6 is 0 Å². The molecule has 33 heavy (non-hydrogen) atoms. The summed E-state index contributed by atoms with van der Waals surface area (Å²) in [6.07, 6.45) is 4.68. The van der Waals surface area contributed by atoms with Crippen molar-refractivity contribution >= 4 is 19.7 Å². The number of aromatic nitrogens is 2. The zero-order valence-corrected chi connectivity index (χ0v) is 21.7. The number of nitrogens with two attached hydrogens (primary N) is 1. The van der Waals surface area contributed by atoms with Gasteiger partial charge in [0.25, 0.3) is 5.91 Å². The lowest BCUT2D eigenvalue weighted by Crippen LogP contribution is -2.23. The van der Waals surface area contributed by atoms with E-state index in [0.29, 0.717) is 24.3 Å². The van der Waals surface area contributed by atoms with Gasteiger partial charge in [-0.1, -0.05) is 31.8 Å². The Morgan fingerprint density at radius 1 is 1.12 bits per heavy atom. The normalized spacial score (nSPS) is 16.0. The Hall–Kier alpha value is -2.38. The van der Waals surface area contributed by atoms with E-state index in [1.807, 2.05) is 35.9 Å². The second-order valence-corrected chi connectivity index (χ2v) is 16.5. The maximum atomic E-state index is 12.8. The Morgan fingerprint density at radius 3 is 2.27 bits per heavy atom. The van der Waals surface area contributed by atoms with E-state index in [4.69, 9.17) is 10.5 Å². The summed E-state index contributed by atoms with van der Waals surface area (Å²) in [5.74, 6) is 0.896. The minimum atomic E-state index is -1.10. The number of hydrogen-bond acceptors (Lipinski definition) is 4. The fourth-order valence-corrected chi connectivity index (χ4v) is 5.14. The largest absolute Gasteiger partial charge is 0.394 e. The van der Waals surface area contributed by atoms with Crippen LogP contribution in [0.4, 0.5) is 5.69 Å². The van der Waals surface area contributed by atoms with Gasteiger partial charge in [0.1, 0.15) is 6.73 Å². The van der Waals surface area contributed by atoms with Crippen molar-refractivity contribution in [2.24, 2.45) is 17.6 Å². The van der Waals surface area contributed by atoms with Gasteiger partial charge >= 0.3 is 0 Å². The topological polar surface area (TPSA) is 82.2 Å². The lowest BCUT2D eigenvalue weighted by atomic mass is 10.0. The molecule has 0 bridgehead atoms. The number of anilines is 1. The van der Waals surface area contributed by atoms with Crippen LogP contribution in [-0.2, 0) is 16.3 Å². The lowest BCUT2D eigenvalue weighted by molar-refractivity contribution is -0.113. The van der Waals surface area contributed by atoms with Gasteiger partial charge in [-0.05, 0) is 80.7 Å². The summed E-state index contributed by atoms with van der Waals surface area (Å²) in [6, 6.07) is 9.09. The summed E-state index contributed by atoms with van der Waals surface area (Å²) >= 11 is 0. The number of carbonyl (C=O) groups is 1. The molecule has 0 saturated heterocycles. The monoisotopic (exact) mass is 466 g/mol. The second-order valence-electron chi connectivity index (χ2n) is 10.8. The molecule has 4 rings (SSSR count). The Balaban J connectivity index is 1.41. The summed E-state index contributed by atoms with van der Waals surface area (Å²) in [4.78, 5) is 12.8. The molecule has 0 atom stereocenters. The highest BCUT2D eigenvalue weighted by atomic mass is 28.3. The average Bonchev–Trinajstić information content (AvgIpc) is 3.67. The zero-order chi connectivity index (χ0) is 23.8. The first-order valence-electron chi connectivity index (χ1n) is 12.2. The van der Waals surface area contributed by atoms with Crippen molar-refractivity contribution in [2.75, 3.05) is 11.9 Å². The van der Waals surface area contributed by atoms with Crippen LogP contribution in [0.2, 0.25) is 25.7 Å². The molecule has 0 radical (unpaired) electrons. The fraction of sp³-hybridized carbons (Fsp3) is 0.538. The Morgan fingerprint density at radius 2 is 1.73 bits per heavy atom. The molecule has 1 heterocycles. The molecular formula is C26H38N4O2Si. The molecule has 6 nitrogen and oxygen atoms in total. The standard InChI is InChI=1S/C26H38N4O2Si/c1-17-23(18(2)30(29-17)16-32-14-15-33(3,4)5)19-10-12-22(13-11-19)28-26(31)25(27)24(20-6-7-20)21-8-9-21/h10-13,20-21H,6-9,14-16,27H2,1-5H3,(H,28,31). The van der Waals surface area contributed by atoms with Crippen molar-refractivity contribution in [3.8, 4) is 11.1 Å². The molecule has 7 heteroatoms. The number of amides is 1. The van der Waals surface area contributed by atoms with E-state index in [0.717, 1.165) is 40.9 Å². The van der Waals surface area contributed by atoms with Crippen LogP contribution in [0.5, 0.6) is 0 Å². The molecule has 0 aliphatic heterocycles. The number of allylic oxidation sites excluding steroid dienone is 1. The number of nitrogens with zero attached hydrogens (tertiary/aromatic N) is 2. The second kappa shape index (κ2) is 9.47. The number of hydrogen-bond donors (Lipinski definition) is 2. The first kappa shape index (κ1) is 23.8. The first-order chi connectivity index (χ1) is 15.6.